The number of para-hydroxylation sites is 1. The van der Waals surface area contributed by atoms with Gasteiger partial charge < -0.3 is 14.8 Å². The third kappa shape index (κ3) is 6.17. The van der Waals surface area contributed by atoms with Crippen molar-refractivity contribution in [3.63, 3.8) is 0 Å². The third-order valence-electron chi connectivity index (χ3n) is 3.32. The second-order valence-corrected chi connectivity index (χ2v) is 5.70. The van der Waals surface area contributed by atoms with Crippen molar-refractivity contribution in [3.05, 3.63) is 64.7 Å². The number of carbonyl (C=O) groups excluding carboxylic acids is 2. The van der Waals surface area contributed by atoms with Gasteiger partial charge in [0, 0.05) is 16.3 Å². The van der Waals surface area contributed by atoms with Crippen molar-refractivity contribution in [1.82, 2.24) is 0 Å². The fourth-order valence-electron chi connectivity index (χ4n) is 2.14. The van der Waals surface area contributed by atoms with Crippen molar-refractivity contribution in [2.75, 3.05) is 18.5 Å². The first-order chi connectivity index (χ1) is 13.0. The highest BCUT2D eigenvalue weighted by Crippen LogP contribution is 2.22. The van der Waals surface area contributed by atoms with Crippen LogP contribution in [0.2, 0.25) is 5.02 Å². The van der Waals surface area contributed by atoms with Gasteiger partial charge in [0.2, 0.25) is 0 Å². The SMILES string of the molecule is CCOC(=O)COc1ccccc1/C=C(\C#N)C(=O)Nc1cccc(Cl)c1. The summed E-state index contributed by atoms with van der Waals surface area (Å²) < 4.78 is 10.2. The van der Waals surface area contributed by atoms with Crippen molar-refractivity contribution < 1.29 is 19.1 Å². The van der Waals surface area contributed by atoms with Crippen molar-refractivity contribution >= 4 is 35.2 Å². The molecule has 0 atom stereocenters. The van der Waals surface area contributed by atoms with Crippen LogP contribution in [0.4, 0.5) is 5.69 Å². The topological polar surface area (TPSA) is 88.4 Å². The van der Waals surface area contributed by atoms with E-state index in [1.807, 2.05) is 6.07 Å². The van der Waals surface area contributed by atoms with Gasteiger partial charge >= 0.3 is 5.97 Å². The Bertz CT molecular complexity index is 903. The number of anilines is 1. The van der Waals surface area contributed by atoms with Crippen molar-refractivity contribution in [2.24, 2.45) is 0 Å². The van der Waals surface area contributed by atoms with E-state index in [9.17, 15) is 14.9 Å². The number of ether oxygens (including phenoxy) is 2. The monoisotopic (exact) mass is 384 g/mol. The molecule has 27 heavy (non-hydrogen) atoms. The van der Waals surface area contributed by atoms with Gasteiger partial charge in [-0.2, -0.15) is 5.26 Å². The van der Waals surface area contributed by atoms with Crippen LogP contribution in [0.25, 0.3) is 6.08 Å². The first-order valence-corrected chi connectivity index (χ1v) is 8.47. The highest BCUT2D eigenvalue weighted by Gasteiger charge is 2.12. The lowest BCUT2D eigenvalue weighted by molar-refractivity contribution is -0.145. The predicted molar refractivity (Wildman–Crippen MR) is 102 cm³/mol. The molecule has 138 valence electrons. The average Bonchev–Trinajstić information content (AvgIpc) is 2.65. The minimum absolute atomic E-state index is 0.123. The maximum absolute atomic E-state index is 12.4. The zero-order chi connectivity index (χ0) is 19.6. The number of carbonyl (C=O) groups is 2. The summed E-state index contributed by atoms with van der Waals surface area (Å²) in [5, 5.41) is 12.4. The number of nitrogens with one attached hydrogen (secondary N) is 1. The van der Waals surface area contributed by atoms with Crippen molar-refractivity contribution in [3.8, 4) is 11.8 Å². The first-order valence-electron chi connectivity index (χ1n) is 8.09. The summed E-state index contributed by atoms with van der Waals surface area (Å²) in [7, 11) is 0. The Balaban J connectivity index is 2.18. The summed E-state index contributed by atoms with van der Waals surface area (Å²) in [5.74, 6) is -0.732. The Morgan fingerprint density at radius 3 is 2.70 bits per heavy atom. The largest absolute Gasteiger partial charge is 0.481 e. The quantitative estimate of drug-likeness (QED) is 0.445. The van der Waals surface area contributed by atoms with Crippen LogP contribution in [0.15, 0.2) is 54.1 Å². The molecule has 1 N–H and O–H groups in total. The van der Waals surface area contributed by atoms with Crippen LogP contribution >= 0.6 is 11.6 Å². The second-order valence-electron chi connectivity index (χ2n) is 5.27. The van der Waals surface area contributed by atoms with E-state index >= 15 is 0 Å². The molecule has 0 heterocycles. The summed E-state index contributed by atoms with van der Waals surface area (Å²) >= 11 is 5.89. The standard InChI is InChI=1S/C20H17ClN2O4/c1-2-26-19(24)13-27-18-9-4-3-6-14(18)10-15(12-22)20(25)23-17-8-5-7-16(21)11-17/h3-11H,2,13H2,1H3,(H,23,25)/b15-10+. The Morgan fingerprint density at radius 2 is 2.00 bits per heavy atom. The number of amides is 1. The molecule has 6 nitrogen and oxygen atoms in total. The van der Waals surface area contributed by atoms with Gasteiger partial charge in [-0.15, -0.1) is 0 Å². The number of hydrogen-bond acceptors (Lipinski definition) is 5. The molecule has 0 aliphatic rings. The highest BCUT2D eigenvalue weighted by molar-refractivity contribution is 6.31. The summed E-state index contributed by atoms with van der Waals surface area (Å²) in [6.45, 7) is 1.69. The Morgan fingerprint density at radius 1 is 1.22 bits per heavy atom. The number of halogens is 1. The first kappa shape index (κ1) is 20.0. The van der Waals surface area contributed by atoms with Gasteiger partial charge in [-0.3, -0.25) is 4.79 Å². The Kier molecular flexibility index (Phi) is 7.41. The summed E-state index contributed by atoms with van der Waals surface area (Å²) in [5.41, 5.74) is 0.835. The molecule has 2 aromatic carbocycles. The molecule has 2 rings (SSSR count). The van der Waals surface area contributed by atoms with E-state index in [4.69, 9.17) is 21.1 Å². The number of rotatable bonds is 7. The van der Waals surface area contributed by atoms with E-state index in [0.29, 0.717) is 22.0 Å². The van der Waals surface area contributed by atoms with E-state index in [1.54, 1.807) is 55.5 Å². The highest BCUT2D eigenvalue weighted by atomic mass is 35.5. The molecular formula is C20H17ClN2O4. The zero-order valence-electron chi connectivity index (χ0n) is 14.6. The van der Waals surface area contributed by atoms with Crippen LogP contribution in [0.3, 0.4) is 0 Å². The maximum Gasteiger partial charge on any atom is 0.344 e. The van der Waals surface area contributed by atoms with Crippen LogP contribution in [-0.4, -0.2) is 25.1 Å². The van der Waals surface area contributed by atoms with Crippen molar-refractivity contribution in [2.45, 2.75) is 6.92 Å². The second kappa shape index (κ2) is 10.00. The van der Waals surface area contributed by atoms with Gasteiger partial charge in [-0.05, 0) is 37.3 Å². The van der Waals surface area contributed by atoms with Crippen LogP contribution in [0, 0.1) is 11.3 Å². The number of hydrogen-bond donors (Lipinski definition) is 1. The normalized spacial score (nSPS) is 10.6. The molecule has 0 saturated heterocycles. The number of nitrogens with zero attached hydrogens (tertiary/aromatic N) is 1. The molecule has 0 aromatic heterocycles. The predicted octanol–water partition coefficient (Wildman–Crippen LogP) is 3.83. The third-order valence-corrected chi connectivity index (χ3v) is 3.55. The fourth-order valence-corrected chi connectivity index (χ4v) is 2.33. The Labute approximate surface area is 162 Å². The molecule has 0 aliphatic heterocycles. The maximum atomic E-state index is 12.4. The minimum atomic E-state index is -0.583. The molecule has 0 spiro atoms. The van der Waals surface area contributed by atoms with E-state index in [2.05, 4.69) is 5.32 Å². The fraction of sp³-hybridized carbons (Fsp3) is 0.150. The average molecular weight is 385 g/mol. The lowest BCUT2D eigenvalue weighted by Gasteiger charge is -2.09. The molecule has 0 unspecified atom stereocenters. The molecule has 1 amide bonds. The molecule has 2 aromatic rings. The van der Waals surface area contributed by atoms with Gasteiger partial charge in [0.1, 0.15) is 17.4 Å². The summed E-state index contributed by atoms with van der Waals surface area (Å²) in [6.07, 6.45) is 1.39. The summed E-state index contributed by atoms with van der Waals surface area (Å²) in [4.78, 5) is 23.8. The molecule has 0 saturated carbocycles. The molecule has 0 radical (unpaired) electrons. The molecule has 7 heteroatoms. The Hall–Kier alpha value is -3.30. The smallest absolute Gasteiger partial charge is 0.344 e. The van der Waals surface area contributed by atoms with Gasteiger partial charge in [-0.25, -0.2) is 4.79 Å². The van der Waals surface area contributed by atoms with Gasteiger partial charge in [0.15, 0.2) is 6.61 Å². The van der Waals surface area contributed by atoms with Crippen LogP contribution in [-0.2, 0) is 14.3 Å². The lowest BCUT2D eigenvalue weighted by atomic mass is 10.1. The molecular weight excluding hydrogens is 368 g/mol. The molecule has 0 aliphatic carbocycles. The lowest BCUT2D eigenvalue weighted by Crippen LogP contribution is -2.15. The van der Waals surface area contributed by atoms with Crippen LogP contribution in [0.1, 0.15) is 12.5 Å². The molecule has 0 fully saturated rings. The minimum Gasteiger partial charge on any atom is -0.481 e. The van der Waals surface area contributed by atoms with Crippen LogP contribution < -0.4 is 10.1 Å². The number of nitriles is 1. The van der Waals surface area contributed by atoms with E-state index in [0.717, 1.165) is 0 Å². The zero-order valence-corrected chi connectivity index (χ0v) is 15.3. The van der Waals surface area contributed by atoms with Crippen LogP contribution in [0.5, 0.6) is 5.75 Å². The molecule has 0 bridgehead atoms. The summed E-state index contributed by atoms with van der Waals surface area (Å²) in [6, 6.07) is 15.2. The van der Waals surface area contributed by atoms with E-state index < -0.39 is 11.9 Å². The number of benzene rings is 2. The van der Waals surface area contributed by atoms with E-state index in [-0.39, 0.29) is 18.8 Å². The van der Waals surface area contributed by atoms with Gasteiger partial charge in [-0.1, -0.05) is 35.9 Å². The van der Waals surface area contributed by atoms with Gasteiger partial charge in [0.05, 0.1) is 6.61 Å². The van der Waals surface area contributed by atoms with Gasteiger partial charge in [0.25, 0.3) is 5.91 Å². The van der Waals surface area contributed by atoms with Crippen molar-refractivity contribution in [1.29, 1.82) is 5.26 Å². The van der Waals surface area contributed by atoms with E-state index in [1.165, 1.54) is 6.08 Å². The number of esters is 1.